The number of amides is 1. The highest BCUT2D eigenvalue weighted by atomic mass is 16.6. The Balaban J connectivity index is 2.13. The van der Waals surface area contributed by atoms with E-state index in [-0.39, 0.29) is 18.2 Å². The number of aliphatic carboxylic acids is 1. The molecule has 0 aromatic rings. The number of carbonyl (C=O) groups is 2. The van der Waals surface area contributed by atoms with E-state index >= 15 is 0 Å². The zero-order valence-electron chi connectivity index (χ0n) is 11.2. The lowest BCUT2D eigenvalue weighted by Gasteiger charge is -2.38. The number of carboxylic acid groups (broad SMARTS) is 1. The van der Waals surface area contributed by atoms with Crippen molar-refractivity contribution in [2.24, 2.45) is 5.92 Å². The molecule has 1 amide bonds. The summed E-state index contributed by atoms with van der Waals surface area (Å²) in [5.74, 6) is -1.23. The van der Waals surface area contributed by atoms with Crippen molar-refractivity contribution >= 4 is 12.1 Å². The number of hydrogen-bond donors (Lipinski definition) is 1. The summed E-state index contributed by atoms with van der Waals surface area (Å²) in [6.45, 7) is 5.47. The van der Waals surface area contributed by atoms with E-state index in [1.807, 2.05) is 20.8 Å². The highest BCUT2D eigenvalue weighted by Gasteiger charge is 2.48. The molecule has 1 N–H and O–H groups in total. The third kappa shape index (κ3) is 2.44. The molecule has 2 bridgehead atoms. The fraction of sp³-hybridized carbons (Fsp3) is 0.846. The van der Waals surface area contributed by atoms with Gasteiger partial charge in [-0.15, -0.1) is 0 Å². The summed E-state index contributed by atoms with van der Waals surface area (Å²) in [7, 11) is 0. The molecular formula is C13H21NO4. The molecule has 0 radical (unpaired) electrons. The first-order valence-electron chi connectivity index (χ1n) is 6.54. The second-order valence-electron chi connectivity index (χ2n) is 6.21. The maximum Gasteiger partial charge on any atom is 0.410 e. The van der Waals surface area contributed by atoms with Crippen LogP contribution in [0.25, 0.3) is 0 Å². The van der Waals surface area contributed by atoms with Crippen LogP contribution in [0.2, 0.25) is 0 Å². The Morgan fingerprint density at radius 2 is 1.78 bits per heavy atom. The summed E-state index contributed by atoms with van der Waals surface area (Å²) in [4.78, 5) is 25.0. The first-order chi connectivity index (χ1) is 8.29. The molecule has 2 aliphatic heterocycles. The van der Waals surface area contributed by atoms with Crippen molar-refractivity contribution in [3.05, 3.63) is 0 Å². The molecule has 2 heterocycles. The zero-order chi connectivity index (χ0) is 13.5. The minimum Gasteiger partial charge on any atom is -0.481 e. The molecule has 3 unspecified atom stereocenters. The van der Waals surface area contributed by atoms with Gasteiger partial charge in [0, 0.05) is 12.1 Å². The molecule has 0 saturated carbocycles. The summed E-state index contributed by atoms with van der Waals surface area (Å²) in [6, 6.07) is -0.0171. The van der Waals surface area contributed by atoms with E-state index < -0.39 is 17.5 Å². The van der Waals surface area contributed by atoms with Gasteiger partial charge < -0.3 is 14.7 Å². The van der Waals surface area contributed by atoms with Gasteiger partial charge in [-0.3, -0.25) is 4.79 Å². The van der Waals surface area contributed by atoms with E-state index in [2.05, 4.69) is 0 Å². The van der Waals surface area contributed by atoms with Gasteiger partial charge in [-0.05, 0) is 46.5 Å². The van der Waals surface area contributed by atoms with Crippen LogP contribution in [0.1, 0.15) is 46.5 Å². The van der Waals surface area contributed by atoms with Crippen LogP contribution in [0, 0.1) is 5.92 Å². The van der Waals surface area contributed by atoms with Crippen molar-refractivity contribution < 1.29 is 19.4 Å². The fourth-order valence-corrected chi connectivity index (χ4v) is 3.04. The molecule has 0 spiro atoms. The standard InChI is InChI=1S/C13H21NO4/c1-13(2,3)18-12(17)14-8-4-6-9(11(15)16)10(14)7-5-8/h8-10H,4-7H2,1-3H3,(H,15,16). The Hall–Kier alpha value is -1.26. The number of hydrogen-bond acceptors (Lipinski definition) is 3. The van der Waals surface area contributed by atoms with E-state index in [4.69, 9.17) is 4.74 Å². The van der Waals surface area contributed by atoms with Crippen LogP contribution in [0.5, 0.6) is 0 Å². The molecule has 2 rings (SSSR count). The Kier molecular flexibility index (Phi) is 3.25. The summed E-state index contributed by atoms with van der Waals surface area (Å²) < 4.78 is 5.38. The van der Waals surface area contributed by atoms with Crippen molar-refractivity contribution in [2.75, 3.05) is 0 Å². The second kappa shape index (κ2) is 4.44. The van der Waals surface area contributed by atoms with Gasteiger partial charge in [0.25, 0.3) is 0 Å². The topological polar surface area (TPSA) is 66.8 Å². The van der Waals surface area contributed by atoms with E-state index in [0.717, 1.165) is 19.3 Å². The van der Waals surface area contributed by atoms with Crippen LogP contribution in [-0.2, 0) is 9.53 Å². The third-order valence-electron chi connectivity index (χ3n) is 3.74. The molecule has 0 aromatic heterocycles. The van der Waals surface area contributed by atoms with Crippen molar-refractivity contribution in [3.63, 3.8) is 0 Å². The molecule has 2 aliphatic rings. The smallest absolute Gasteiger partial charge is 0.410 e. The van der Waals surface area contributed by atoms with Crippen LogP contribution in [0.15, 0.2) is 0 Å². The third-order valence-corrected chi connectivity index (χ3v) is 3.74. The number of piperidine rings is 1. The number of carbonyl (C=O) groups excluding carboxylic acids is 1. The first kappa shape index (κ1) is 13.2. The molecule has 102 valence electrons. The SMILES string of the molecule is CC(C)(C)OC(=O)N1C2CCC(C(=O)O)C1CC2. The van der Waals surface area contributed by atoms with Crippen LogP contribution in [0.4, 0.5) is 4.79 Å². The Morgan fingerprint density at radius 3 is 2.33 bits per heavy atom. The monoisotopic (exact) mass is 255 g/mol. The highest BCUT2D eigenvalue weighted by molar-refractivity contribution is 5.75. The number of ether oxygens (including phenoxy) is 1. The van der Waals surface area contributed by atoms with Gasteiger partial charge in [-0.25, -0.2) is 4.79 Å². The largest absolute Gasteiger partial charge is 0.481 e. The van der Waals surface area contributed by atoms with Gasteiger partial charge in [-0.2, -0.15) is 0 Å². The quantitative estimate of drug-likeness (QED) is 0.780. The number of carboxylic acids is 1. The maximum absolute atomic E-state index is 12.2. The van der Waals surface area contributed by atoms with Gasteiger partial charge in [0.15, 0.2) is 0 Å². The van der Waals surface area contributed by atoms with Gasteiger partial charge in [0.05, 0.1) is 5.92 Å². The van der Waals surface area contributed by atoms with Crippen LogP contribution < -0.4 is 0 Å². The number of rotatable bonds is 1. The molecule has 18 heavy (non-hydrogen) atoms. The van der Waals surface area contributed by atoms with Crippen LogP contribution >= 0.6 is 0 Å². The first-order valence-corrected chi connectivity index (χ1v) is 6.54. The summed E-state index contributed by atoms with van der Waals surface area (Å²) in [5.41, 5.74) is -0.535. The number of fused-ring (bicyclic) bond motifs is 2. The number of nitrogens with zero attached hydrogens (tertiary/aromatic N) is 1. The van der Waals surface area contributed by atoms with E-state index in [9.17, 15) is 14.7 Å². The lowest BCUT2D eigenvalue weighted by atomic mass is 9.90. The Bertz CT molecular complexity index is 360. The lowest BCUT2D eigenvalue weighted by molar-refractivity contribution is -0.145. The molecular weight excluding hydrogens is 234 g/mol. The summed E-state index contributed by atoms with van der Waals surface area (Å²) in [6.07, 6.45) is 2.76. The van der Waals surface area contributed by atoms with Crippen LogP contribution in [-0.4, -0.2) is 39.8 Å². The molecule has 5 nitrogen and oxygen atoms in total. The molecule has 2 fully saturated rings. The van der Waals surface area contributed by atoms with Crippen LogP contribution in [0.3, 0.4) is 0 Å². The van der Waals surface area contributed by atoms with E-state index in [0.29, 0.717) is 6.42 Å². The minimum atomic E-state index is -0.797. The van der Waals surface area contributed by atoms with E-state index in [1.54, 1.807) is 4.90 Å². The average Bonchev–Trinajstić information content (AvgIpc) is 2.49. The van der Waals surface area contributed by atoms with E-state index in [1.165, 1.54) is 0 Å². The summed E-state index contributed by atoms with van der Waals surface area (Å²) in [5, 5.41) is 9.21. The Labute approximate surface area is 107 Å². The van der Waals surface area contributed by atoms with Crippen molar-refractivity contribution in [2.45, 2.75) is 64.1 Å². The second-order valence-corrected chi connectivity index (χ2v) is 6.21. The molecule has 3 atom stereocenters. The lowest BCUT2D eigenvalue weighted by Crippen LogP contribution is -2.51. The van der Waals surface area contributed by atoms with Gasteiger partial charge in [0.1, 0.15) is 5.60 Å². The summed E-state index contributed by atoms with van der Waals surface area (Å²) >= 11 is 0. The molecule has 0 aliphatic carbocycles. The molecule has 5 heteroatoms. The predicted octanol–water partition coefficient (Wildman–Crippen LogP) is 2.25. The van der Waals surface area contributed by atoms with Gasteiger partial charge >= 0.3 is 12.1 Å². The van der Waals surface area contributed by atoms with Crippen molar-refractivity contribution in [1.82, 2.24) is 4.90 Å². The highest BCUT2D eigenvalue weighted by Crippen LogP contribution is 2.40. The maximum atomic E-state index is 12.2. The van der Waals surface area contributed by atoms with Crippen molar-refractivity contribution in [3.8, 4) is 0 Å². The molecule has 0 aromatic carbocycles. The zero-order valence-corrected chi connectivity index (χ0v) is 11.2. The van der Waals surface area contributed by atoms with Gasteiger partial charge in [0.2, 0.25) is 0 Å². The predicted molar refractivity (Wildman–Crippen MR) is 65.2 cm³/mol. The van der Waals surface area contributed by atoms with Gasteiger partial charge in [-0.1, -0.05) is 0 Å². The fourth-order valence-electron chi connectivity index (χ4n) is 3.04. The molecule has 2 saturated heterocycles. The van der Waals surface area contributed by atoms with Crippen molar-refractivity contribution in [1.29, 1.82) is 0 Å². The normalized spacial score (nSPS) is 31.3. The average molecular weight is 255 g/mol. The Morgan fingerprint density at radius 1 is 1.17 bits per heavy atom. The minimum absolute atomic E-state index is 0.167.